The summed E-state index contributed by atoms with van der Waals surface area (Å²) in [5.41, 5.74) is 10.0. The Balaban J connectivity index is 1.36. The third kappa shape index (κ3) is 4.10. The second kappa shape index (κ2) is 9.40. The number of carbonyl (C=O) groups excluding carboxylic acids is 1. The summed E-state index contributed by atoms with van der Waals surface area (Å²) in [6.45, 7) is 5.70. The molecule has 1 saturated heterocycles. The normalized spacial score (nSPS) is 17.6. The second-order valence-electron chi connectivity index (χ2n) is 9.24. The molecule has 0 aromatic carbocycles. The summed E-state index contributed by atoms with van der Waals surface area (Å²) in [5.74, 6) is 0.527. The molecule has 9 heteroatoms. The minimum absolute atomic E-state index is 0.102. The number of allylic oxidation sites excluding steroid dienone is 1. The molecule has 0 unspecified atom stereocenters. The molecule has 3 aromatic heterocycles. The van der Waals surface area contributed by atoms with Crippen molar-refractivity contribution < 1.29 is 4.79 Å². The van der Waals surface area contributed by atoms with Crippen molar-refractivity contribution in [1.82, 2.24) is 29.3 Å². The number of hydrogen-bond donors (Lipinski definition) is 1. The number of nitrogens with two attached hydrogens (primary N) is 1. The number of fused-ring (bicyclic) bond motifs is 1. The molecule has 1 amide bonds. The summed E-state index contributed by atoms with van der Waals surface area (Å²) >= 11 is 0. The first-order valence-electron chi connectivity index (χ1n) is 12.2. The summed E-state index contributed by atoms with van der Waals surface area (Å²) in [7, 11) is 0. The van der Waals surface area contributed by atoms with Crippen molar-refractivity contribution in [2.24, 2.45) is 16.6 Å². The molecule has 2 fully saturated rings. The van der Waals surface area contributed by atoms with Crippen LogP contribution in [0.15, 0.2) is 42.0 Å². The fourth-order valence-electron chi connectivity index (χ4n) is 4.62. The van der Waals surface area contributed by atoms with Crippen molar-refractivity contribution in [3.63, 3.8) is 0 Å². The lowest BCUT2D eigenvalue weighted by atomic mass is 9.83. The minimum Gasteiger partial charge on any atom is -0.404 e. The first-order valence-corrected chi connectivity index (χ1v) is 12.2. The molecule has 4 heterocycles. The van der Waals surface area contributed by atoms with E-state index in [2.05, 4.69) is 35.2 Å². The van der Waals surface area contributed by atoms with Crippen molar-refractivity contribution in [3.05, 3.63) is 42.7 Å². The molecule has 1 aliphatic heterocycles. The SMILES string of the molecule is CCC(CC)n1cc(-c2nc(C(C=NC3CN(C(=O)C4CCC4)C3)=CN)cn3nccc23)cn1. The van der Waals surface area contributed by atoms with Crippen LogP contribution in [0.1, 0.15) is 57.7 Å². The summed E-state index contributed by atoms with van der Waals surface area (Å²) < 4.78 is 3.83. The van der Waals surface area contributed by atoms with E-state index in [-0.39, 0.29) is 17.9 Å². The molecule has 0 radical (unpaired) electrons. The maximum Gasteiger partial charge on any atom is 0.225 e. The van der Waals surface area contributed by atoms with Gasteiger partial charge in [-0.1, -0.05) is 20.3 Å². The van der Waals surface area contributed by atoms with Gasteiger partial charge in [0, 0.05) is 48.8 Å². The van der Waals surface area contributed by atoms with E-state index in [4.69, 9.17) is 10.7 Å². The molecule has 178 valence electrons. The van der Waals surface area contributed by atoms with Crippen LogP contribution in [0.25, 0.3) is 22.3 Å². The van der Waals surface area contributed by atoms with E-state index in [1.807, 2.05) is 32.6 Å². The lowest BCUT2D eigenvalue weighted by Crippen LogP contribution is -2.55. The van der Waals surface area contributed by atoms with Crippen molar-refractivity contribution in [3.8, 4) is 11.3 Å². The molecule has 1 aliphatic carbocycles. The molecular weight excluding hydrogens is 428 g/mol. The Kier molecular flexibility index (Phi) is 6.17. The predicted octanol–water partition coefficient (Wildman–Crippen LogP) is 3.34. The van der Waals surface area contributed by atoms with E-state index in [9.17, 15) is 4.79 Å². The van der Waals surface area contributed by atoms with Crippen LogP contribution in [0.3, 0.4) is 0 Å². The fourth-order valence-corrected chi connectivity index (χ4v) is 4.62. The van der Waals surface area contributed by atoms with Crippen molar-refractivity contribution in [2.75, 3.05) is 13.1 Å². The quantitative estimate of drug-likeness (QED) is 0.519. The molecule has 2 N–H and O–H groups in total. The van der Waals surface area contributed by atoms with Crippen LogP contribution in [-0.4, -0.2) is 60.5 Å². The third-order valence-corrected chi connectivity index (χ3v) is 7.11. The van der Waals surface area contributed by atoms with Gasteiger partial charge in [0.05, 0.1) is 47.6 Å². The lowest BCUT2D eigenvalue weighted by Gasteiger charge is -2.40. The summed E-state index contributed by atoms with van der Waals surface area (Å²) in [6, 6.07) is 2.41. The summed E-state index contributed by atoms with van der Waals surface area (Å²) in [4.78, 5) is 23.9. The molecule has 9 nitrogen and oxygen atoms in total. The number of amides is 1. The smallest absolute Gasteiger partial charge is 0.225 e. The fraction of sp³-hybridized carbons (Fsp3) is 0.480. The van der Waals surface area contributed by atoms with Gasteiger partial charge < -0.3 is 10.6 Å². The Morgan fingerprint density at radius 3 is 2.71 bits per heavy atom. The Labute approximate surface area is 199 Å². The molecule has 0 bridgehead atoms. The Bertz CT molecular complexity index is 1220. The number of likely N-dealkylation sites (tertiary alicyclic amines) is 1. The minimum atomic E-state index is 0.102. The number of carbonyl (C=O) groups is 1. The van der Waals surface area contributed by atoms with Crippen LogP contribution in [0.2, 0.25) is 0 Å². The first-order chi connectivity index (χ1) is 16.6. The van der Waals surface area contributed by atoms with Gasteiger partial charge in [0.1, 0.15) is 0 Å². The van der Waals surface area contributed by atoms with E-state index in [1.54, 1.807) is 12.4 Å². The van der Waals surface area contributed by atoms with E-state index < -0.39 is 0 Å². The van der Waals surface area contributed by atoms with Gasteiger partial charge in [0.25, 0.3) is 0 Å². The standard InChI is InChI=1S/C25H32N8O/c1-3-21(4-2)32-13-19(12-29-32)24-23-8-9-28-33(23)16-22(30-24)18(10-26)11-27-20-14-31(15-20)25(34)17-6-5-7-17/h8-13,16-17,20-21H,3-7,14-15,26H2,1-2H3. The van der Waals surface area contributed by atoms with Gasteiger partial charge in [-0.25, -0.2) is 9.50 Å². The zero-order valence-corrected chi connectivity index (χ0v) is 19.8. The van der Waals surface area contributed by atoms with Crippen LogP contribution < -0.4 is 5.73 Å². The first kappa shape index (κ1) is 22.3. The van der Waals surface area contributed by atoms with E-state index in [0.717, 1.165) is 48.0 Å². The molecular formula is C25H32N8O. The lowest BCUT2D eigenvalue weighted by molar-refractivity contribution is -0.142. The largest absolute Gasteiger partial charge is 0.404 e. The second-order valence-corrected chi connectivity index (χ2v) is 9.24. The maximum atomic E-state index is 12.3. The molecule has 0 atom stereocenters. The van der Waals surface area contributed by atoms with Crippen LogP contribution in [-0.2, 0) is 4.79 Å². The van der Waals surface area contributed by atoms with Crippen LogP contribution >= 0.6 is 0 Å². The third-order valence-electron chi connectivity index (χ3n) is 7.11. The van der Waals surface area contributed by atoms with Crippen molar-refractivity contribution >= 4 is 23.2 Å². The Hall–Kier alpha value is -3.49. The van der Waals surface area contributed by atoms with Crippen LogP contribution in [0.5, 0.6) is 0 Å². The van der Waals surface area contributed by atoms with E-state index >= 15 is 0 Å². The van der Waals surface area contributed by atoms with Crippen molar-refractivity contribution in [2.45, 2.75) is 58.0 Å². The van der Waals surface area contributed by atoms with Crippen molar-refractivity contribution in [1.29, 1.82) is 0 Å². The highest BCUT2D eigenvalue weighted by Gasteiger charge is 2.36. The Morgan fingerprint density at radius 1 is 1.24 bits per heavy atom. The highest BCUT2D eigenvalue weighted by atomic mass is 16.2. The molecule has 3 aromatic rings. The number of nitrogens with zero attached hydrogens (tertiary/aromatic N) is 7. The van der Waals surface area contributed by atoms with Gasteiger partial charge in [-0.2, -0.15) is 10.2 Å². The molecule has 34 heavy (non-hydrogen) atoms. The molecule has 0 spiro atoms. The number of aromatic nitrogens is 5. The highest BCUT2D eigenvalue weighted by molar-refractivity contribution is 6.09. The number of hydrogen-bond acceptors (Lipinski definition) is 6. The summed E-state index contributed by atoms with van der Waals surface area (Å²) in [6.07, 6.45) is 16.1. The molecule has 1 saturated carbocycles. The van der Waals surface area contributed by atoms with Gasteiger partial charge in [-0.05, 0) is 31.7 Å². The van der Waals surface area contributed by atoms with E-state index in [0.29, 0.717) is 24.8 Å². The number of aliphatic imine (C=N–C) groups is 1. The maximum absolute atomic E-state index is 12.3. The van der Waals surface area contributed by atoms with Gasteiger partial charge in [-0.3, -0.25) is 14.5 Å². The van der Waals surface area contributed by atoms with Gasteiger partial charge >= 0.3 is 0 Å². The van der Waals surface area contributed by atoms with Crippen LogP contribution in [0, 0.1) is 5.92 Å². The van der Waals surface area contributed by atoms with Crippen LogP contribution in [0.4, 0.5) is 0 Å². The molecule has 2 aliphatic rings. The average Bonchev–Trinajstić information content (AvgIpc) is 3.44. The summed E-state index contributed by atoms with van der Waals surface area (Å²) in [5, 5.41) is 9.02. The number of rotatable bonds is 8. The van der Waals surface area contributed by atoms with Gasteiger partial charge in [0.15, 0.2) is 0 Å². The van der Waals surface area contributed by atoms with Gasteiger partial charge in [-0.15, -0.1) is 0 Å². The highest BCUT2D eigenvalue weighted by Crippen LogP contribution is 2.30. The van der Waals surface area contributed by atoms with Gasteiger partial charge in [0.2, 0.25) is 5.91 Å². The average molecular weight is 461 g/mol. The Morgan fingerprint density at radius 2 is 2.03 bits per heavy atom. The zero-order chi connectivity index (χ0) is 23.7. The monoisotopic (exact) mass is 460 g/mol. The predicted molar refractivity (Wildman–Crippen MR) is 132 cm³/mol. The van der Waals surface area contributed by atoms with E-state index in [1.165, 1.54) is 12.6 Å². The molecule has 5 rings (SSSR count). The topological polar surface area (TPSA) is 107 Å². The zero-order valence-electron chi connectivity index (χ0n) is 19.8.